The lowest BCUT2D eigenvalue weighted by Gasteiger charge is -1.98. The average molecular weight is 292 g/mol. The topological polar surface area (TPSA) is 104 Å². The van der Waals surface area contributed by atoms with Crippen LogP contribution in [0.4, 0.5) is 0 Å². The number of amidine groups is 1. The second-order valence-corrected chi connectivity index (χ2v) is 5.22. The minimum atomic E-state index is -1.02. The van der Waals surface area contributed by atoms with E-state index in [1.54, 1.807) is 25.4 Å². The Hall–Kier alpha value is -2.22. The van der Waals surface area contributed by atoms with Gasteiger partial charge in [-0.2, -0.15) is 5.10 Å². The molecule has 1 aliphatic rings. The van der Waals surface area contributed by atoms with Crippen molar-refractivity contribution >= 4 is 34.5 Å². The SMILES string of the molecule is CC(=N/N=C1\NC(=O)C(CC(=O)O)S1)c1cccnc1. The summed E-state index contributed by atoms with van der Waals surface area (Å²) >= 11 is 1.07. The molecule has 7 nitrogen and oxygen atoms in total. The van der Waals surface area contributed by atoms with Crippen molar-refractivity contribution in [3.63, 3.8) is 0 Å². The van der Waals surface area contributed by atoms with Crippen LogP contribution in [-0.2, 0) is 9.59 Å². The number of carbonyl (C=O) groups is 2. The first-order valence-electron chi connectivity index (χ1n) is 5.78. The first kappa shape index (κ1) is 14.2. The molecule has 8 heteroatoms. The Morgan fingerprint density at radius 1 is 1.60 bits per heavy atom. The highest BCUT2D eigenvalue weighted by Crippen LogP contribution is 2.22. The molecule has 1 amide bonds. The molecule has 0 radical (unpaired) electrons. The molecule has 1 aliphatic heterocycles. The summed E-state index contributed by atoms with van der Waals surface area (Å²) in [6.07, 6.45) is 3.08. The van der Waals surface area contributed by atoms with E-state index in [-0.39, 0.29) is 12.3 Å². The predicted molar refractivity (Wildman–Crippen MR) is 75.7 cm³/mol. The van der Waals surface area contributed by atoms with Gasteiger partial charge in [0.25, 0.3) is 0 Å². The highest BCUT2D eigenvalue weighted by molar-refractivity contribution is 8.15. The van der Waals surface area contributed by atoms with E-state index >= 15 is 0 Å². The number of carboxylic acids is 1. The minimum absolute atomic E-state index is 0.235. The van der Waals surface area contributed by atoms with Gasteiger partial charge in [0, 0.05) is 18.0 Å². The number of aromatic nitrogens is 1. The Morgan fingerprint density at radius 3 is 3.05 bits per heavy atom. The van der Waals surface area contributed by atoms with E-state index in [1.807, 2.05) is 6.07 Å². The number of hydrogen-bond donors (Lipinski definition) is 2. The number of amides is 1. The molecule has 1 saturated heterocycles. The smallest absolute Gasteiger partial charge is 0.305 e. The number of carboxylic acid groups (broad SMARTS) is 1. The number of rotatable bonds is 4. The van der Waals surface area contributed by atoms with Gasteiger partial charge in [0.1, 0.15) is 5.25 Å². The van der Waals surface area contributed by atoms with Gasteiger partial charge < -0.3 is 10.4 Å². The molecule has 1 unspecified atom stereocenters. The van der Waals surface area contributed by atoms with E-state index in [2.05, 4.69) is 20.5 Å². The molecule has 20 heavy (non-hydrogen) atoms. The van der Waals surface area contributed by atoms with Gasteiger partial charge in [0.05, 0.1) is 12.1 Å². The van der Waals surface area contributed by atoms with Crippen LogP contribution in [0.1, 0.15) is 18.9 Å². The van der Waals surface area contributed by atoms with Gasteiger partial charge in [-0.25, -0.2) is 0 Å². The maximum atomic E-state index is 11.5. The summed E-state index contributed by atoms with van der Waals surface area (Å²) in [4.78, 5) is 26.1. The van der Waals surface area contributed by atoms with Crippen molar-refractivity contribution in [2.75, 3.05) is 0 Å². The normalized spacial score (nSPS) is 21.1. The Balaban J connectivity index is 2.06. The summed E-state index contributed by atoms with van der Waals surface area (Å²) in [5, 5.41) is 18.8. The first-order valence-corrected chi connectivity index (χ1v) is 6.66. The zero-order valence-corrected chi connectivity index (χ0v) is 11.4. The lowest BCUT2D eigenvalue weighted by atomic mass is 10.2. The molecular formula is C12H12N4O3S. The third kappa shape index (κ3) is 3.64. The van der Waals surface area contributed by atoms with E-state index in [4.69, 9.17) is 5.11 Å². The number of thioether (sulfide) groups is 1. The molecule has 0 spiro atoms. The van der Waals surface area contributed by atoms with Gasteiger partial charge in [0.15, 0.2) is 5.17 Å². The van der Waals surface area contributed by atoms with Crippen molar-refractivity contribution < 1.29 is 14.7 Å². The molecule has 1 aromatic heterocycles. The van der Waals surface area contributed by atoms with E-state index in [0.29, 0.717) is 10.9 Å². The molecule has 1 fully saturated rings. The first-order chi connectivity index (χ1) is 9.56. The molecule has 1 atom stereocenters. The maximum absolute atomic E-state index is 11.5. The fraction of sp³-hybridized carbons (Fsp3) is 0.250. The van der Waals surface area contributed by atoms with Crippen molar-refractivity contribution in [3.8, 4) is 0 Å². The second kappa shape index (κ2) is 6.29. The zero-order chi connectivity index (χ0) is 14.5. The Morgan fingerprint density at radius 2 is 2.40 bits per heavy atom. The quantitative estimate of drug-likeness (QED) is 0.633. The molecule has 0 aromatic carbocycles. The molecule has 2 N–H and O–H groups in total. The van der Waals surface area contributed by atoms with Crippen molar-refractivity contribution in [1.82, 2.24) is 10.3 Å². The van der Waals surface area contributed by atoms with Crippen LogP contribution in [0.25, 0.3) is 0 Å². The van der Waals surface area contributed by atoms with E-state index < -0.39 is 11.2 Å². The van der Waals surface area contributed by atoms with Crippen LogP contribution in [0.3, 0.4) is 0 Å². The number of nitrogens with one attached hydrogen (secondary N) is 1. The van der Waals surface area contributed by atoms with E-state index in [0.717, 1.165) is 17.3 Å². The summed E-state index contributed by atoms with van der Waals surface area (Å²) in [5.41, 5.74) is 1.48. The predicted octanol–water partition coefficient (Wildman–Crippen LogP) is 0.868. The van der Waals surface area contributed by atoms with Gasteiger partial charge in [-0.3, -0.25) is 14.6 Å². The average Bonchev–Trinajstić information content (AvgIpc) is 2.77. The van der Waals surface area contributed by atoms with Crippen LogP contribution < -0.4 is 5.32 Å². The highest BCUT2D eigenvalue weighted by atomic mass is 32.2. The number of hydrogen-bond acceptors (Lipinski definition) is 6. The summed E-state index contributed by atoms with van der Waals surface area (Å²) in [7, 11) is 0. The number of aliphatic carboxylic acids is 1. The van der Waals surface area contributed by atoms with E-state index in [9.17, 15) is 9.59 Å². The van der Waals surface area contributed by atoms with Gasteiger partial charge in [-0.05, 0) is 13.0 Å². The Bertz CT molecular complexity index is 586. The van der Waals surface area contributed by atoms with Crippen molar-refractivity contribution in [1.29, 1.82) is 0 Å². The molecule has 0 saturated carbocycles. The van der Waals surface area contributed by atoms with Gasteiger partial charge >= 0.3 is 5.97 Å². The van der Waals surface area contributed by atoms with Crippen LogP contribution in [0.5, 0.6) is 0 Å². The number of carbonyl (C=O) groups excluding carboxylic acids is 1. The molecule has 104 valence electrons. The largest absolute Gasteiger partial charge is 0.481 e. The molecular weight excluding hydrogens is 280 g/mol. The van der Waals surface area contributed by atoms with Crippen molar-refractivity contribution in [3.05, 3.63) is 30.1 Å². The van der Waals surface area contributed by atoms with Gasteiger partial charge in [-0.1, -0.05) is 17.8 Å². The van der Waals surface area contributed by atoms with Crippen LogP contribution in [0.2, 0.25) is 0 Å². The fourth-order valence-electron chi connectivity index (χ4n) is 1.50. The second-order valence-electron chi connectivity index (χ2n) is 4.03. The summed E-state index contributed by atoms with van der Waals surface area (Å²) in [6, 6.07) is 3.64. The van der Waals surface area contributed by atoms with Crippen LogP contribution >= 0.6 is 11.8 Å². The summed E-state index contributed by atoms with van der Waals surface area (Å²) in [6.45, 7) is 1.78. The molecule has 0 bridgehead atoms. The summed E-state index contributed by atoms with van der Waals surface area (Å²) in [5.74, 6) is -1.38. The van der Waals surface area contributed by atoms with Crippen LogP contribution in [-0.4, -0.2) is 38.1 Å². The lowest BCUT2D eigenvalue weighted by Crippen LogP contribution is -2.26. The van der Waals surface area contributed by atoms with Gasteiger partial charge in [0.2, 0.25) is 5.91 Å². The zero-order valence-electron chi connectivity index (χ0n) is 10.6. The van der Waals surface area contributed by atoms with E-state index in [1.165, 1.54) is 0 Å². The fourth-order valence-corrected chi connectivity index (χ4v) is 2.41. The number of pyridine rings is 1. The maximum Gasteiger partial charge on any atom is 0.305 e. The van der Waals surface area contributed by atoms with Crippen molar-refractivity contribution in [2.24, 2.45) is 10.2 Å². The summed E-state index contributed by atoms with van der Waals surface area (Å²) < 4.78 is 0. The molecule has 1 aromatic rings. The number of nitrogens with zero attached hydrogens (tertiary/aromatic N) is 3. The Kier molecular flexibility index (Phi) is 4.46. The van der Waals surface area contributed by atoms with Gasteiger partial charge in [-0.15, -0.1) is 5.10 Å². The minimum Gasteiger partial charge on any atom is -0.481 e. The highest BCUT2D eigenvalue weighted by Gasteiger charge is 2.32. The third-order valence-corrected chi connectivity index (χ3v) is 3.58. The monoisotopic (exact) mass is 292 g/mol. The van der Waals surface area contributed by atoms with Crippen molar-refractivity contribution in [2.45, 2.75) is 18.6 Å². The standard InChI is InChI=1S/C12H12N4O3S/c1-7(8-3-2-4-13-6-8)15-16-12-14-11(19)9(20-12)5-10(17)18/h2-4,6,9H,5H2,1H3,(H,17,18)(H,14,16,19). The third-order valence-electron chi connectivity index (χ3n) is 2.51. The molecule has 2 heterocycles. The Labute approximate surface area is 119 Å². The van der Waals surface area contributed by atoms with Crippen LogP contribution in [0, 0.1) is 0 Å². The lowest BCUT2D eigenvalue weighted by molar-refractivity contribution is -0.138. The van der Waals surface area contributed by atoms with Crippen LogP contribution in [0.15, 0.2) is 34.7 Å². The molecule has 2 rings (SSSR count). The molecule has 0 aliphatic carbocycles.